The van der Waals surface area contributed by atoms with Crippen LogP contribution >= 0.6 is 0 Å². The maximum absolute atomic E-state index is 13.2. The van der Waals surface area contributed by atoms with Crippen LogP contribution < -0.4 is 4.90 Å². The van der Waals surface area contributed by atoms with E-state index in [1.807, 2.05) is 0 Å². The molecule has 3 N–H and O–H groups in total. The summed E-state index contributed by atoms with van der Waals surface area (Å²) in [6.07, 6.45) is -0.558. The lowest BCUT2D eigenvalue weighted by Gasteiger charge is -2.39. The first-order chi connectivity index (χ1) is 18.9. The summed E-state index contributed by atoms with van der Waals surface area (Å²) in [6.45, 7) is 12.0. The Labute approximate surface area is 232 Å². The first-order valence-corrected chi connectivity index (χ1v) is 12.5. The van der Waals surface area contributed by atoms with E-state index < -0.39 is 41.0 Å². The van der Waals surface area contributed by atoms with Crippen molar-refractivity contribution >= 4 is 34.4 Å². The summed E-state index contributed by atoms with van der Waals surface area (Å²) in [5.41, 5.74) is -1.41. The van der Waals surface area contributed by atoms with Gasteiger partial charge in [-0.25, -0.2) is 0 Å². The minimum Gasteiger partial charge on any atom is -0.507 e. The van der Waals surface area contributed by atoms with Crippen molar-refractivity contribution in [1.82, 2.24) is 0 Å². The van der Waals surface area contributed by atoms with Crippen LogP contribution in [0.25, 0.3) is 0 Å². The number of ketones is 3. The van der Waals surface area contributed by atoms with Gasteiger partial charge in [-0.05, 0) is 50.1 Å². The summed E-state index contributed by atoms with van der Waals surface area (Å²) >= 11 is 0. The summed E-state index contributed by atoms with van der Waals surface area (Å²) in [5, 5.41) is 40.7. The highest BCUT2D eigenvalue weighted by Gasteiger charge is 2.44. The Bertz CT molecular complexity index is 1510. The van der Waals surface area contributed by atoms with Crippen LogP contribution in [-0.4, -0.2) is 44.9 Å². The maximum atomic E-state index is 13.2. The summed E-state index contributed by atoms with van der Waals surface area (Å²) in [7, 11) is 0. The molecule has 0 amide bonds. The quantitative estimate of drug-likeness (QED) is 0.112. The summed E-state index contributed by atoms with van der Waals surface area (Å²) < 4.78 is 0. The van der Waals surface area contributed by atoms with Gasteiger partial charge < -0.3 is 20.2 Å². The molecule has 0 aliphatic carbocycles. The highest BCUT2D eigenvalue weighted by atomic mass is 16.3. The van der Waals surface area contributed by atoms with Crippen LogP contribution in [0.15, 0.2) is 101 Å². The zero-order valence-corrected chi connectivity index (χ0v) is 22.6. The van der Waals surface area contributed by atoms with Crippen molar-refractivity contribution in [2.45, 2.75) is 32.9 Å². The van der Waals surface area contributed by atoms with Crippen molar-refractivity contribution in [1.29, 1.82) is 0 Å². The third kappa shape index (κ3) is 6.22. The smallest absolute Gasteiger partial charge is 0.210 e. The molecule has 0 aromatic heterocycles. The van der Waals surface area contributed by atoms with Crippen LogP contribution in [0.2, 0.25) is 0 Å². The molecule has 1 unspecified atom stereocenters. The number of phenolic OH excluding ortho intramolecular Hbond substituents is 2. The molecule has 3 rings (SSSR count). The number of rotatable bonds is 12. The van der Waals surface area contributed by atoms with Crippen LogP contribution in [0.1, 0.15) is 43.1 Å². The molecular formula is C31H31N3O6. The molecule has 0 fully saturated rings. The van der Waals surface area contributed by atoms with E-state index in [1.165, 1.54) is 24.8 Å². The lowest BCUT2D eigenvalue weighted by atomic mass is 9.92. The molecule has 9 heteroatoms. The Balaban J connectivity index is 2.08. The van der Waals surface area contributed by atoms with E-state index in [-0.39, 0.29) is 40.3 Å². The molecule has 0 aliphatic heterocycles. The predicted octanol–water partition coefficient (Wildman–Crippen LogP) is 5.94. The van der Waals surface area contributed by atoms with Crippen molar-refractivity contribution in [2.24, 2.45) is 10.2 Å². The number of aliphatic hydroxyl groups is 1. The normalized spacial score (nSPS) is 12.5. The fourth-order valence-electron chi connectivity index (χ4n) is 4.10. The van der Waals surface area contributed by atoms with Crippen molar-refractivity contribution in [3.05, 3.63) is 102 Å². The molecule has 1 atom stereocenters. The second-order valence-electron chi connectivity index (χ2n) is 9.29. The number of carbonyl (C=O) groups is 3. The number of hydrogen-bond acceptors (Lipinski definition) is 9. The first kappa shape index (κ1) is 29.7. The zero-order valence-electron chi connectivity index (χ0n) is 22.6. The number of hydrogen-bond donors (Lipinski definition) is 3. The zero-order chi connectivity index (χ0) is 29.6. The highest BCUT2D eigenvalue weighted by Crippen LogP contribution is 2.39. The van der Waals surface area contributed by atoms with Gasteiger partial charge in [-0.1, -0.05) is 55.6 Å². The number of phenols is 2. The first-order valence-electron chi connectivity index (χ1n) is 12.5. The number of likely N-dealkylation sites (N-methyl/N-ethyl adjacent to an activating group) is 1. The van der Waals surface area contributed by atoms with Crippen LogP contribution in [0.5, 0.6) is 11.5 Å². The molecule has 0 saturated heterocycles. The average Bonchev–Trinajstić information content (AvgIpc) is 2.93. The Kier molecular flexibility index (Phi) is 9.13. The lowest BCUT2D eigenvalue weighted by Crippen LogP contribution is -2.56. The molecule has 0 radical (unpaired) electrons. The molecule has 0 bridgehead atoms. The molecule has 0 spiro atoms. The van der Waals surface area contributed by atoms with Gasteiger partial charge >= 0.3 is 0 Å². The molecule has 206 valence electrons. The van der Waals surface area contributed by atoms with E-state index in [2.05, 4.69) is 23.4 Å². The van der Waals surface area contributed by atoms with Gasteiger partial charge in [0.25, 0.3) is 0 Å². The van der Waals surface area contributed by atoms with E-state index >= 15 is 0 Å². The number of carbonyl (C=O) groups excluding carboxylic acids is 3. The molecular weight excluding hydrogens is 510 g/mol. The minimum absolute atomic E-state index is 0.0548. The van der Waals surface area contributed by atoms with E-state index in [0.717, 1.165) is 6.07 Å². The summed E-state index contributed by atoms with van der Waals surface area (Å²) in [5.74, 6) is -2.56. The van der Waals surface area contributed by atoms with E-state index in [4.69, 9.17) is 0 Å². The topological polar surface area (TPSA) is 140 Å². The number of anilines is 1. The minimum atomic E-state index is -2.28. The number of Topliss-reactive ketones (excluding diaryl/α,β-unsaturated/α-hetero) is 2. The second kappa shape index (κ2) is 12.3. The average molecular weight is 542 g/mol. The summed E-state index contributed by atoms with van der Waals surface area (Å²) in [4.78, 5) is 40.0. The predicted molar refractivity (Wildman–Crippen MR) is 152 cm³/mol. The number of allylic oxidation sites excluding steroid dienone is 1. The highest BCUT2D eigenvalue weighted by molar-refractivity contribution is 6.11. The Hall–Kier alpha value is -4.89. The Morgan fingerprint density at radius 2 is 1.45 bits per heavy atom. The van der Waals surface area contributed by atoms with Crippen molar-refractivity contribution < 1.29 is 29.7 Å². The maximum Gasteiger partial charge on any atom is 0.210 e. The SMILES string of the molecule is C=C(C)C(=O)CC(O)(C(=O)C(=C)C)N(CC)c1ccccc1N=Nc1cc(C(=O)c2ccccc2)c(O)cc1O. The van der Waals surface area contributed by atoms with E-state index in [0.29, 0.717) is 5.56 Å². The lowest BCUT2D eigenvalue weighted by molar-refractivity contribution is -0.138. The number of para-hydroxylation sites is 1. The third-order valence-electron chi connectivity index (χ3n) is 6.21. The van der Waals surface area contributed by atoms with Gasteiger partial charge in [-0.3, -0.25) is 14.4 Å². The van der Waals surface area contributed by atoms with E-state index in [9.17, 15) is 29.7 Å². The molecule has 0 heterocycles. The van der Waals surface area contributed by atoms with E-state index in [1.54, 1.807) is 61.5 Å². The van der Waals surface area contributed by atoms with Gasteiger partial charge in [-0.15, -0.1) is 10.2 Å². The van der Waals surface area contributed by atoms with Crippen LogP contribution in [-0.2, 0) is 9.59 Å². The molecule has 9 nitrogen and oxygen atoms in total. The number of azo groups is 1. The molecule has 40 heavy (non-hydrogen) atoms. The molecule has 3 aromatic rings. The standard InChI is InChI=1S/C31H31N3O6/c1-6-34(31(40,30(39)20(4)5)18-28(37)19(2)3)25-15-11-10-14-23(25)32-33-24-16-22(26(35)17-27(24)36)29(38)21-12-8-7-9-13-21/h7-17,35-36,40H,2,4,6,18H2,1,3,5H3. The van der Waals surface area contributed by atoms with Gasteiger partial charge in [0.05, 0.1) is 17.7 Å². The fourth-order valence-corrected chi connectivity index (χ4v) is 4.10. The van der Waals surface area contributed by atoms with Gasteiger partial charge in [-0.2, -0.15) is 0 Å². The molecule has 0 aliphatic rings. The number of benzene rings is 3. The second-order valence-corrected chi connectivity index (χ2v) is 9.29. The van der Waals surface area contributed by atoms with Gasteiger partial charge in [0.2, 0.25) is 11.5 Å². The van der Waals surface area contributed by atoms with Crippen LogP contribution in [0.3, 0.4) is 0 Å². The van der Waals surface area contributed by atoms with Gasteiger partial charge in [0.15, 0.2) is 11.6 Å². The van der Waals surface area contributed by atoms with Crippen molar-refractivity contribution in [2.75, 3.05) is 11.4 Å². The van der Waals surface area contributed by atoms with Crippen LogP contribution in [0.4, 0.5) is 17.1 Å². The third-order valence-corrected chi connectivity index (χ3v) is 6.21. The number of aromatic hydroxyl groups is 2. The summed E-state index contributed by atoms with van der Waals surface area (Å²) in [6, 6.07) is 17.0. The van der Waals surface area contributed by atoms with Gasteiger partial charge in [0, 0.05) is 18.2 Å². The number of nitrogens with zero attached hydrogens (tertiary/aromatic N) is 3. The molecule has 3 aromatic carbocycles. The van der Waals surface area contributed by atoms with Crippen molar-refractivity contribution in [3.8, 4) is 11.5 Å². The van der Waals surface area contributed by atoms with Gasteiger partial charge in [0.1, 0.15) is 22.9 Å². The van der Waals surface area contributed by atoms with Crippen molar-refractivity contribution in [3.63, 3.8) is 0 Å². The fraction of sp³-hybridized carbons (Fsp3) is 0.194. The Morgan fingerprint density at radius 3 is 2.05 bits per heavy atom. The Morgan fingerprint density at radius 1 is 0.850 bits per heavy atom. The monoisotopic (exact) mass is 541 g/mol. The largest absolute Gasteiger partial charge is 0.507 e. The van der Waals surface area contributed by atoms with Crippen LogP contribution in [0, 0.1) is 0 Å². The molecule has 0 saturated carbocycles.